The van der Waals surface area contributed by atoms with Gasteiger partial charge in [0, 0.05) is 23.2 Å². The molecule has 1 fully saturated rings. The fourth-order valence-corrected chi connectivity index (χ4v) is 2.96. The molecule has 0 aliphatic carbocycles. The van der Waals surface area contributed by atoms with Gasteiger partial charge in [0.05, 0.1) is 17.4 Å². The van der Waals surface area contributed by atoms with E-state index in [1.54, 1.807) is 48.5 Å². The van der Waals surface area contributed by atoms with Crippen LogP contribution in [0.3, 0.4) is 0 Å². The number of hydrogen-bond donors (Lipinski definition) is 2. The highest BCUT2D eigenvalue weighted by atomic mass is 79.9. The first kappa shape index (κ1) is 17.6. The summed E-state index contributed by atoms with van der Waals surface area (Å²) in [5.74, 6) is -0.478. The fourth-order valence-electron chi connectivity index (χ4n) is 2.69. The van der Waals surface area contributed by atoms with Crippen LogP contribution in [0.25, 0.3) is 0 Å². The van der Waals surface area contributed by atoms with Gasteiger partial charge in [0.1, 0.15) is 0 Å². The molecule has 0 saturated carbocycles. The molecule has 5 nitrogen and oxygen atoms in total. The van der Waals surface area contributed by atoms with E-state index in [9.17, 15) is 9.59 Å². The summed E-state index contributed by atoms with van der Waals surface area (Å²) in [6, 6.07) is 14.0. The van der Waals surface area contributed by atoms with E-state index < -0.39 is 0 Å². The summed E-state index contributed by atoms with van der Waals surface area (Å²) >= 11 is 3.34. The maximum Gasteiger partial charge on any atom is 0.255 e. The van der Waals surface area contributed by atoms with E-state index in [2.05, 4.69) is 26.6 Å². The summed E-state index contributed by atoms with van der Waals surface area (Å²) in [6.07, 6.45) is 2.07. The standard InChI is InChI=1S/C19H19BrN2O3/c20-14-9-7-13(8-10-14)18(23)22-17-6-2-1-5-16(17)19(24)21-12-15-4-3-11-25-15/h1-2,5-10,15H,3-4,11-12H2,(H,21,24)(H,22,23). The van der Waals surface area contributed by atoms with Crippen molar-refractivity contribution in [2.75, 3.05) is 18.5 Å². The van der Waals surface area contributed by atoms with Crippen molar-refractivity contribution in [3.63, 3.8) is 0 Å². The molecule has 1 unspecified atom stereocenters. The highest BCUT2D eigenvalue weighted by Gasteiger charge is 2.18. The number of carbonyl (C=O) groups excluding carboxylic acids is 2. The molecule has 2 N–H and O–H groups in total. The summed E-state index contributed by atoms with van der Waals surface area (Å²) in [4.78, 5) is 24.8. The largest absolute Gasteiger partial charge is 0.376 e. The number of hydrogen-bond acceptors (Lipinski definition) is 3. The summed E-state index contributed by atoms with van der Waals surface area (Å²) in [6.45, 7) is 1.23. The van der Waals surface area contributed by atoms with Crippen LogP contribution in [0.4, 0.5) is 5.69 Å². The zero-order valence-electron chi connectivity index (χ0n) is 13.6. The number of benzene rings is 2. The minimum absolute atomic E-state index is 0.0773. The van der Waals surface area contributed by atoms with E-state index in [0.717, 1.165) is 23.9 Å². The molecule has 25 heavy (non-hydrogen) atoms. The normalized spacial score (nSPS) is 16.4. The van der Waals surface area contributed by atoms with Crippen molar-refractivity contribution in [2.24, 2.45) is 0 Å². The fraction of sp³-hybridized carbons (Fsp3) is 0.263. The Labute approximate surface area is 154 Å². The van der Waals surface area contributed by atoms with Crippen molar-refractivity contribution in [3.8, 4) is 0 Å². The van der Waals surface area contributed by atoms with E-state index in [4.69, 9.17) is 4.74 Å². The Balaban J connectivity index is 1.68. The lowest BCUT2D eigenvalue weighted by Crippen LogP contribution is -2.32. The Hall–Kier alpha value is -2.18. The Morgan fingerprint density at radius 3 is 2.56 bits per heavy atom. The Bertz CT molecular complexity index is 756. The molecule has 6 heteroatoms. The first-order chi connectivity index (χ1) is 12.1. The molecular weight excluding hydrogens is 384 g/mol. The first-order valence-electron chi connectivity index (χ1n) is 8.19. The molecule has 2 aromatic carbocycles. The van der Waals surface area contributed by atoms with Gasteiger partial charge in [-0.25, -0.2) is 0 Å². The van der Waals surface area contributed by atoms with Crippen molar-refractivity contribution >= 4 is 33.4 Å². The van der Waals surface area contributed by atoms with E-state index in [-0.39, 0.29) is 17.9 Å². The van der Waals surface area contributed by atoms with Gasteiger partial charge in [-0.3, -0.25) is 9.59 Å². The molecule has 2 aromatic rings. The van der Waals surface area contributed by atoms with Gasteiger partial charge in [0.25, 0.3) is 11.8 Å². The van der Waals surface area contributed by atoms with E-state index in [0.29, 0.717) is 23.4 Å². The third-order valence-electron chi connectivity index (χ3n) is 4.04. The molecule has 1 atom stereocenters. The maximum atomic E-state index is 12.5. The van der Waals surface area contributed by atoms with E-state index >= 15 is 0 Å². The number of amides is 2. The first-order valence-corrected chi connectivity index (χ1v) is 8.98. The van der Waals surface area contributed by atoms with Crippen molar-refractivity contribution < 1.29 is 14.3 Å². The van der Waals surface area contributed by atoms with Crippen LogP contribution in [0.1, 0.15) is 33.6 Å². The number of carbonyl (C=O) groups is 2. The summed E-state index contributed by atoms with van der Waals surface area (Å²) in [7, 11) is 0. The lowest BCUT2D eigenvalue weighted by Gasteiger charge is -2.14. The monoisotopic (exact) mass is 402 g/mol. The topological polar surface area (TPSA) is 67.4 Å². The summed E-state index contributed by atoms with van der Waals surface area (Å²) < 4.78 is 6.41. The number of rotatable bonds is 5. The van der Waals surface area contributed by atoms with Gasteiger partial charge in [-0.05, 0) is 49.2 Å². The number of halogens is 1. The van der Waals surface area contributed by atoms with Crippen LogP contribution < -0.4 is 10.6 Å². The molecule has 0 radical (unpaired) electrons. The van der Waals surface area contributed by atoms with Crippen LogP contribution in [-0.4, -0.2) is 31.1 Å². The molecule has 0 bridgehead atoms. The molecule has 130 valence electrons. The molecule has 1 saturated heterocycles. The molecule has 2 amide bonds. The van der Waals surface area contributed by atoms with E-state index in [1.165, 1.54) is 0 Å². The van der Waals surface area contributed by atoms with Gasteiger partial charge in [-0.2, -0.15) is 0 Å². The zero-order valence-corrected chi connectivity index (χ0v) is 15.2. The van der Waals surface area contributed by atoms with Gasteiger partial charge in [0.2, 0.25) is 0 Å². The molecule has 1 aliphatic rings. The second kappa shape index (κ2) is 8.27. The predicted octanol–water partition coefficient (Wildman–Crippen LogP) is 3.61. The minimum atomic E-state index is -0.258. The lowest BCUT2D eigenvalue weighted by atomic mass is 10.1. The van der Waals surface area contributed by atoms with Crippen molar-refractivity contribution in [1.82, 2.24) is 5.32 Å². The van der Waals surface area contributed by atoms with Crippen molar-refractivity contribution in [1.29, 1.82) is 0 Å². The molecule has 0 aromatic heterocycles. The minimum Gasteiger partial charge on any atom is -0.376 e. The van der Waals surface area contributed by atoms with Crippen LogP contribution in [0.2, 0.25) is 0 Å². The predicted molar refractivity (Wildman–Crippen MR) is 99.8 cm³/mol. The van der Waals surface area contributed by atoms with Crippen LogP contribution in [0.15, 0.2) is 53.0 Å². The van der Waals surface area contributed by atoms with Gasteiger partial charge in [-0.1, -0.05) is 28.1 Å². The number of nitrogens with one attached hydrogen (secondary N) is 2. The van der Waals surface area contributed by atoms with Gasteiger partial charge in [-0.15, -0.1) is 0 Å². The van der Waals surface area contributed by atoms with E-state index in [1.807, 2.05) is 0 Å². The van der Waals surface area contributed by atoms with Gasteiger partial charge in [0.15, 0.2) is 0 Å². The average Bonchev–Trinajstić information content (AvgIpc) is 3.14. The SMILES string of the molecule is O=C(Nc1ccccc1C(=O)NCC1CCCO1)c1ccc(Br)cc1. The molecule has 0 spiro atoms. The number of ether oxygens (including phenoxy) is 1. The van der Waals surface area contributed by atoms with Crippen molar-refractivity contribution in [2.45, 2.75) is 18.9 Å². The van der Waals surface area contributed by atoms with Crippen LogP contribution in [-0.2, 0) is 4.74 Å². The average molecular weight is 403 g/mol. The quantitative estimate of drug-likeness (QED) is 0.802. The third-order valence-corrected chi connectivity index (χ3v) is 4.57. The lowest BCUT2D eigenvalue weighted by molar-refractivity contribution is 0.0858. The molecule has 1 aliphatic heterocycles. The van der Waals surface area contributed by atoms with Crippen LogP contribution in [0.5, 0.6) is 0 Å². The van der Waals surface area contributed by atoms with Crippen LogP contribution in [0, 0.1) is 0 Å². The molecule has 3 rings (SSSR count). The summed E-state index contributed by atoms with van der Waals surface area (Å²) in [5, 5.41) is 5.69. The van der Waals surface area contributed by atoms with Gasteiger partial charge < -0.3 is 15.4 Å². The Morgan fingerprint density at radius 1 is 1.08 bits per heavy atom. The molecular formula is C19H19BrN2O3. The third kappa shape index (κ3) is 4.67. The van der Waals surface area contributed by atoms with Crippen molar-refractivity contribution in [3.05, 3.63) is 64.1 Å². The zero-order chi connectivity index (χ0) is 17.6. The highest BCUT2D eigenvalue weighted by Crippen LogP contribution is 2.18. The van der Waals surface area contributed by atoms with Gasteiger partial charge >= 0.3 is 0 Å². The maximum absolute atomic E-state index is 12.5. The highest BCUT2D eigenvalue weighted by molar-refractivity contribution is 9.10. The smallest absolute Gasteiger partial charge is 0.255 e. The van der Waals surface area contributed by atoms with Crippen LogP contribution >= 0.6 is 15.9 Å². The number of para-hydroxylation sites is 1. The second-order valence-corrected chi connectivity index (χ2v) is 6.77. The second-order valence-electron chi connectivity index (χ2n) is 5.85. The Kier molecular flexibility index (Phi) is 5.83. The summed E-state index contributed by atoms with van der Waals surface area (Å²) in [5.41, 5.74) is 1.45. The number of anilines is 1. The molecule has 1 heterocycles. The Morgan fingerprint density at radius 2 is 1.84 bits per heavy atom.